The quantitative estimate of drug-likeness (QED) is 0.732. The van der Waals surface area contributed by atoms with Gasteiger partial charge in [0.1, 0.15) is 22.5 Å². The predicted octanol–water partition coefficient (Wildman–Crippen LogP) is 4.70. The molecule has 2 heterocycles. The van der Waals surface area contributed by atoms with Crippen molar-refractivity contribution in [3.05, 3.63) is 54.6 Å². The summed E-state index contributed by atoms with van der Waals surface area (Å²) in [5.74, 6) is 2.45. The van der Waals surface area contributed by atoms with Crippen molar-refractivity contribution in [2.24, 2.45) is 5.92 Å². The van der Waals surface area contributed by atoms with Crippen LogP contribution in [0, 0.1) is 5.92 Å². The summed E-state index contributed by atoms with van der Waals surface area (Å²) in [4.78, 5) is 3.52. The van der Waals surface area contributed by atoms with Crippen molar-refractivity contribution in [2.45, 2.75) is 43.5 Å². The molecule has 1 unspecified atom stereocenters. The lowest BCUT2D eigenvalue weighted by atomic mass is 9.95. The van der Waals surface area contributed by atoms with Gasteiger partial charge in [-0.05, 0) is 81.1 Å². The molecule has 0 radical (unpaired) electrons. The minimum absolute atomic E-state index is 0.669. The fourth-order valence-corrected chi connectivity index (χ4v) is 5.37. The Kier molecular flexibility index (Phi) is 6.45. The molecule has 150 valence electrons. The summed E-state index contributed by atoms with van der Waals surface area (Å²) >= 11 is 0. The lowest BCUT2D eigenvalue weighted by Crippen LogP contribution is -2.47. The first-order valence-electron chi connectivity index (χ1n) is 10.4. The average molecular weight is 399 g/mol. The predicted molar refractivity (Wildman–Crippen MR) is 114 cm³/mol. The van der Waals surface area contributed by atoms with Gasteiger partial charge >= 0.3 is 0 Å². The van der Waals surface area contributed by atoms with Crippen LogP contribution in [0.3, 0.4) is 0 Å². The van der Waals surface area contributed by atoms with Gasteiger partial charge in [0.2, 0.25) is 0 Å². The monoisotopic (exact) mass is 398 g/mol. The molecule has 2 aliphatic rings. The third-order valence-corrected chi connectivity index (χ3v) is 7.51. The second-order valence-electron chi connectivity index (χ2n) is 8.01. The van der Waals surface area contributed by atoms with Crippen molar-refractivity contribution < 1.29 is 8.95 Å². The van der Waals surface area contributed by atoms with Crippen molar-refractivity contribution in [1.82, 2.24) is 9.21 Å². The van der Waals surface area contributed by atoms with Crippen LogP contribution < -0.4 is 4.74 Å². The van der Waals surface area contributed by atoms with Gasteiger partial charge in [-0.25, -0.2) is 8.51 Å². The maximum Gasteiger partial charge on any atom is 0.127 e. The minimum atomic E-state index is -1.09. The molecule has 4 nitrogen and oxygen atoms in total. The second-order valence-corrected chi connectivity index (χ2v) is 9.50. The number of nitrogens with zero attached hydrogens (tertiary/aromatic N) is 2. The van der Waals surface area contributed by atoms with Crippen LogP contribution in [0.4, 0.5) is 0 Å². The van der Waals surface area contributed by atoms with E-state index in [-0.39, 0.29) is 0 Å². The zero-order valence-corrected chi connectivity index (χ0v) is 17.4. The zero-order valence-electron chi connectivity index (χ0n) is 16.6. The van der Waals surface area contributed by atoms with Gasteiger partial charge in [0.15, 0.2) is 0 Å². The molecule has 28 heavy (non-hydrogen) atoms. The van der Waals surface area contributed by atoms with E-state index in [1.165, 1.54) is 25.9 Å². The van der Waals surface area contributed by atoms with Crippen LogP contribution in [-0.4, -0.2) is 45.6 Å². The zero-order chi connectivity index (χ0) is 19.3. The van der Waals surface area contributed by atoms with Crippen LogP contribution in [0.5, 0.6) is 11.5 Å². The normalized spacial score (nSPS) is 21.5. The number of rotatable bonds is 5. The Morgan fingerprint density at radius 1 is 0.821 bits per heavy atom. The third-order valence-electron chi connectivity index (χ3n) is 6.00. The van der Waals surface area contributed by atoms with Gasteiger partial charge in [0.25, 0.3) is 0 Å². The minimum Gasteiger partial charge on any atom is -0.457 e. The molecule has 0 bridgehead atoms. The van der Waals surface area contributed by atoms with Crippen LogP contribution in [0.25, 0.3) is 0 Å². The average Bonchev–Trinajstić information content (AvgIpc) is 2.75. The van der Waals surface area contributed by atoms with E-state index in [1.54, 1.807) is 0 Å². The van der Waals surface area contributed by atoms with Crippen molar-refractivity contribution in [1.29, 1.82) is 0 Å². The lowest BCUT2D eigenvalue weighted by molar-refractivity contribution is 0.102. The first-order valence-corrected chi connectivity index (χ1v) is 11.5. The van der Waals surface area contributed by atoms with E-state index >= 15 is 0 Å². The van der Waals surface area contributed by atoms with Gasteiger partial charge in [-0.3, -0.25) is 0 Å². The van der Waals surface area contributed by atoms with Crippen LogP contribution >= 0.6 is 0 Å². The Morgan fingerprint density at radius 2 is 1.43 bits per heavy atom. The number of ether oxygens (including phenoxy) is 1. The van der Waals surface area contributed by atoms with E-state index in [0.29, 0.717) is 6.04 Å². The Balaban J connectivity index is 1.30. The molecule has 5 heteroatoms. The summed E-state index contributed by atoms with van der Waals surface area (Å²) in [7, 11) is -1.09. The Hall–Kier alpha value is -1.69. The largest absolute Gasteiger partial charge is 0.457 e. The Labute approximate surface area is 171 Å². The Bertz CT molecular complexity index is 765. The van der Waals surface area contributed by atoms with Crippen LogP contribution in [0.1, 0.15) is 32.6 Å². The molecule has 0 amide bonds. The molecular weight excluding hydrogens is 368 g/mol. The highest BCUT2D eigenvalue weighted by atomic mass is 32.2. The highest BCUT2D eigenvalue weighted by molar-refractivity contribution is 7.82. The molecule has 0 N–H and O–H groups in total. The number of hydrogen-bond acceptors (Lipinski definition) is 3. The topological polar surface area (TPSA) is 32.8 Å². The van der Waals surface area contributed by atoms with Crippen LogP contribution in [-0.2, 0) is 11.0 Å². The summed E-state index contributed by atoms with van der Waals surface area (Å²) in [6.07, 6.45) is 4.89. The maximum atomic E-state index is 13.0. The number of piperidine rings is 2. The van der Waals surface area contributed by atoms with Gasteiger partial charge < -0.3 is 9.64 Å². The number of hydrogen-bond donors (Lipinski definition) is 0. The van der Waals surface area contributed by atoms with E-state index in [0.717, 1.165) is 48.2 Å². The van der Waals surface area contributed by atoms with Crippen molar-refractivity contribution >= 4 is 11.0 Å². The molecule has 0 aliphatic carbocycles. The number of likely N-dealkylation sites (tertiary alicyclic amines) is 1. The standard InChI is InChI=1S/C23H30N2O2S/c1-19-11-15-24(16-12-19)20-13-17-25(18-14-20)28(26)23-9-7-22(8-10-23)27-21-5-3-2-4-6-21/h2-10,19-20H,11-18H2,1H3. The van der Waals surface area contributed by atoms with E-state index < -0.39 is 11.0 Å². The van der Waals surface area contributed by atoms with Gasteiger partial charge in [-0.15, -0.1) is 0 Å². The number of para-hydroxylation sites is 1. The molecular formula is C23H30N2O2S. The first kappa shape index (κ1) is 19.6. The smallest absolute Gasteiger partial charge is 0.127 e. The summed E-state index contributed by atoms with van der Waals surface area (Å²) in [6.45, 7) is 6.64. The van der Waals surface area contributed by atoms with Gasteiger partial charge in [0, 0.05) is 19.1 Å². The van der Waals surface area contributed by atoms with Crippen molar-refractivity contribution in [3.8, 4) is 11.5 Å². The van der Waals surface area contributed by atoms with E-state index in [2.05, 4.69) is 16.1 Å². The molecule has 0 aromatic heterocycles. The summed E-state index contributed by atoms with van der Waals surface area (Å²) in [5, 5.41) is 0. The molecule has 0 spiro atoms. The summed E-state index contributed by atoms with van der Waals surface area (Å²) < 4.78 is 20.9. The maximum absolute atomic E-state index is 13.0. The highest BCUT2D eigenvalue weighted by Gasteiger charge is 2.29. The fourth-order valence-electron chi connectivity index (χ4n) is 4.16. The van der Waals surface area contributed by atoms with Crippen molar-refractivity contribution in [3.63, 3.8) is 0 Å². The van der Waals surface area contributed by atoms with Crippen LogP contribution in [0.2, 0.25) is 0 Å². The molecule has 1 atom stereocenters. The van der Waals surface area contributed by atoms with Crippen molar-refractivity contribution in [2.75, 3.05) is 26.2 Å². The van der Waals surface area contributed by atoms with E-state index in [4.69, 9.17) is 4.74 Å². The molecule has 2 aromatic rings. The molecule has 2 aromatic carbocycles. The van der Waals surface area contributed by atoms with Gasteiger partial charge in [-0.1, -0.05) is 25.1 Å². The first-order chi connectivity index (χ1) is 13.7. The Morgan fingerprint density at radius 3 is 2.07 bits per heavy atom. The third kappa shape index (κ3) is 4.83. The molecule has 2 fully saturated rings. The summed E-state index contributed by atoms with van der Waals surface area (Å²) in [5.41, 5.74) is 0. The highest BCUT2D eigenvalue weighted by Crippen LogP contribution is 2.26. The van der Waals surface area contributed by atoms with E-state index in [1.807, 2.05) is 54.6 Å². The molecule has 0 saturated carbocycles. The lowest BCUT2D eigenvalue weighted by Gasteiger charge is -2.40. The fraction of sp³-hybridized carbons (Fsp3) is 0.478. The SMILES string of the molecule is CC1CCN(C2CCN(S(=O)c3ccc(Oc4ccccc4)cc3)CC2)CC1. The molecule has 4 rings (SSSR count). The summed E-state index contributed by atoms with van der Waals surface area (Å²) in [6, 6.07) is 18.1. The van der Waals surface area contributed by atoms with Crippen LogP contribution in [0.15, 0.2) is 59.5 Å². The number of benzene rings is 2. The van der Waals surface area contributed by atoms with Gasteiger partial charge in [-0.2, -0.15) is 0 Å². The van der Waals surface area contributed by atoms with Gasteiger partial charge in [0.05, 0.1) is 4.90 Å². The molecule has 2 aliphatic heterocycles. The van der Waals surface area contributed by atoms with E-state index in [9.17, 15) is 4.21 Å². The molecule has 2 saturated heterocycles. The second kappa shape index (κ2) is 9.21.